The highest BCUT2D eigenvalue weighted by atomic mass is 16.6. The molecule has 7 nitrogen and oxygen atoms in total. The third-order valence-electron chi connectivity index (χ3n) is 2.81. The van der Waals surface area contributed by atoms with Crippen molar-refractivity contribution in [1.29, 1.82) is 5.26 Å². The molecule has 0 unspecified atom stereocenters. The van der Waals surface area contributed by atoms with Crippen molar-refractivity contribution in [3.05, 3.63) is 27.9 Å². The van der Waals surface area contributed by atoms with Crippen LogP contribution in [0.1, 0.15) is 5.56 Å². The summed E-state index contributed by atoms with van der Waals surface area (Å²) >= 11 is 0. The van der Waals surface area contributed by atoms with E-state index in [1.165, 1.54) is 12.3 Å². The average molecular weight is 233 g/mol. The normalized spacial score (nSPS) is 14.8. The van der Waals surface area contributed by atoms with Crippen LogP contribution in [0.5, 0.6) is 0 Å². The molecule has 2 rings (SSSR count). The minimum atomic E-state index is -0.508. The van der Waals surface area contributed by atoms with E-state index in [9.17, 15) is 10.1 Å². The molecule has 0 spiro atoms. The van der Waals surface area contributed by atoms with Crippen molar-refractivity contribution in [2.75, 3.05) is 25.0 Å². The number of nitrogens with one attached hydrogen (secondary N) is 1. The molecule has 0 amide bonds. The maximum Gasteiger partial charge on any atom is 0.312 e. The second-order valence-corrected chi connectivity index (χ2v) is 3.86. The number of hydrogen-bond donors (Lipinski definition) is 1. The van der Waals surface area contributed by atoms with Gasteiger partial charge in [0, 0.05) is 32.4 Å². The Morgan fingerprint density at radius 1 is 1.71 bits per heavy atom. The van der Waals surface area contributed by atoms with E-state index in [-0.39, 0.29) is 17.3 Å². The van der Waals surface area contributed by atoms with Crippen LogP contribution in [0.15, 0.2) is 12.3 Å². The number of nitrogens with zero attached hydrogens (tertiary/aromatic N) is 4. The van der Waals surface area contributed by atoms with Crippen molar-refractivity contribution in [3.63, 3.8) is 0 Å². The topological polar surface area (TPSA) is 95.1 Å². The molecule has 0 bridgehead atoms. The smallest absolute Gasteiger partial charge is 0.312 e. The first-order valence-corrected chi connectivity index (χ1v) is 5.11. The third kappa shape index (κ3) is 2.03. The zero-order chi connectivity index (χ0) is 12.4. The number of nitro groups is 1. The zero-order valence-corrected chi connectivity index (χ0v) is 9.25. The van der Waals surface area contributed by atoms with Crippen LogP contribution in [0.4, 0.5) is 11.5 Å². The van der Waals surface area contributed by atoms with Gasteiger partial charge in [-0.15, -0.1) is 0 Å². The van der Waals surface area contributed by atoms with Crippen LogP contribution in [0, 0.1) is 21.4 Å². The summed E-state index contributed by atoms with van der Waals surface area (Å²) in [5.74, 6) is 0.306. The summed E-state index contributed by atoms with van der Waals surface area (Å²) in [7, 11) is 1.77. The highest BCUT2D eigenvalue weighted by Crippen LogP contribution is 2.27. The Kier molecular flexibility index (Phi) is 2.89. The van der Waals surface area contributed by atoms with Gasteiger partial charge in [0.05, 0.1) is 16.5 Å². The summed E-state index contributed by atoms with van der Waals surface area (Å²) in [4.78, 5) is 16.2. The first kappa shape index (κ1) is 11.3. The van der Waals surface area contributed by atoms with Crippen LogP contribution in [0.2, 0.25) is 0 Å². The third-order valence-corrected chi connectivity index (χ3v) is 2.81. The van der Waals surface area contributed by atoms with Gasteiger partial charge in [-0.25, -0.2) is 4.98 Å². The van der Waals surface area contributed by atoms with Gasteiger partial charge in [-0.05, 0) is 0 Å². The lowest BCUT2D eigenvalue weighted by Crippen LogP contribution is -2.56. The molecule has 2 heterocycles. The van der Waals surface area contributed by atoms with Gasteiger partial charge in [0.25, 0.3) is 0 Å². The molecule has 0 aliphatic carbocycles. The van der Waals surface area contributed by atoms with E-state index in [2.05, 4.69) is 10.3 Å². The highest BCUT2D eigenvalue weighted by Gasteiger charge is 2.28. The zero-order valence-electron chi connectivity index (χ0n) is 9.25. The Balaban J connectivity index is 2.38. The summed E-state index contributed by atoms with van der Waals surface area (Å²) in [6, 6.07) is 3.32. The fourth-order valence-corrected chi connectivity index (χ4v) is 1.63. The molecule has 1 aromatic rings. The molecule has 0 radical (unpaired) electrons. The summed E-state index contributed by atoms with van der Waals surface area (Å²) in [6.07, 6.45) is 1.35. The molecular formula is C10H11N5O2. The maximum atomic E-state index is 10.9. The summed E-state index contributed by atoms with van der Waals surface area (Å²) < 4.78 is 0. The summed E-state index contributed by atoms with van der Waals surface area (Å²) in [6.45, 7) is 1.57. The van der Waals surface area contributed by atoms with Crippen molar-refractivity contribution in [2.24, 2.45) is 0 Å². The largest absolute Gasteiger partial charge is 0.348 e. The Bertz CT molecular complexity index is 492. The van der Waals surface area contributed by atoms with E-state index in [1.807, 2.05) is 6.07 Å². The number of rotatable bonds is 3. The second-order valence-electron chi connectivity index (χ2n) is 3.86. The van der Waals surface area contributed by atoms with E-state index in [1.54, 1.807) is 11.9 Å². The van der Waals surface area contributed by atoms with Crippen LogP contribution in [0.25, 0.3) is 0 Å². The van der Waals surface area contributed by atoms with Crippen molar-refractivity contribution in [2.45, 2.75) is 6.04 Å². The van der Waals surface area contributed by atoms with Crippen molar-refractivity contribution < 1.29 is 4.92 Å². The van der Waals surface area contributed by atoms with Crippen molar-refractivity contribution in [1.82, 2.24) is 10.3 Å². The summed E-state index contributed by atoms with van der Waals surface area (Å²) in [5.41, 5.74) is 0.0686. The molecule has 1 aliphatic heterocycles. The lowest BCUT2D eigenvalue weighted by molar-refractivity contribution is -0.384. The molecule has 0 saturated carbocycles. The fourth-order valence-electron chi connectivity index (χ4n) is 1.63. The predicted octanol–water partition coefficient (Wildman–Crippen LogP) is 0.269. The number of nitriles is 1. The predicted molar refractivity (Wildman–Crippen MR) is 60.7 cm³/mol. The Morgan fingerprint density at radius 3 is 2.88 bits per heavy atom. The molecular weight excluding hydrogens is 222 g/mol. The quantitative estimate of drug-likeness (QED) is 0.594. The standard InChI is InChI=1S/C10H11N5O2/c1-14(8-5-12-6-8)10-9(15(16)17)2-7(3-11)4-13-10/h2,4,8,12H,5-6H2,1H3. The van der Waals surface area contributed by atoms with Gasteiger partial charge in [-0.1, -0.05) is 0 Å². The van der Waals surface area contributed by atoms with Gasteiger partial charge in [-0.2, -0.15) is 5.26 Å². The number of aromatic nitrogens is 1. The molecule has 1 saturated heterocycles. The number of likely N-dealkylation sites (N-methyl/N-ethyl adjacent to an activating group) is 1. The lowest BCUT2D eigenvalue weighted by atomic mass is 10.1. The molecule has 88 valence electrons. The van der Waals surface area contributed by atoms with Crippen LogP contribution in [-0.4, -0.2) is 36.1 Å². The summed E-state index contributed by atoms with van der Waals surface area (Å²) in [5, 5.41) is 22.7. The van der Waals surface area contributed by atoms with Gasteiger partial charge < -0.3 is 10.2 Å². The monoisotopic (exact) mass is 233 g/mol. The van der Waals surface area contributed by atoms with Gasteiger partial charge in [0.15, 0.2) is 0 Å². The molecule has 0 aromatic carbocycles. The number of anilines is 1. The van der Waals surface area contributed by atoms with E-state index < -0.39 is 4.92 Å². The molecule has 1 N–H and O–H groups in total. The highest BCUT2D eigenvalue weighted by molar-refractivity contribution is 5.60. The fraction of sp³-hybridized carbons (Fsp3) is 0.400. The molecule has 1 aliphatic rings. The minimum Gasteiger partial charge on any atom is -0.348 e. The van der Waals surface area contributed by atoms with E-state index in [0.29, 0.717) is 5.82 Å². The van der Waals surface area contributed by atoms with Crippen LogP contribution >= 0.6 is 0 Å². The van der Waals surface area contributed by atoms with E-state index >= 15 is 0 Å². The SMILES string of the molecule is CN(c1ncc(C#N)cc1[N+](=O)[O-])C1CNC1. The second kappa shape index (κ2) is 4.35. The number of pyridine rings is 1. The van der Waals surface area contributed by atoms with Gasteiger partial charge in [-0.3, -0.25) is 10.1 Å². The Labute approximate surface area is 97.8 Å². The Hall–Kier alpha value is -2.20. The van der Waals surface area contributed by atoms with Gasteiger partial charge >= 0.3 is 5.69 Å². The van der Waals surface area contributed by atoms with Gasteiger partial charge in [0.1, 0.15) is 6.07 Å². The molecule has 0 atom stereocenters. The maximum absolute atomic E-state index is 10.9. The van der Waals surface area contributed by atoms with E-state index in [4.69, 9.17) is 5.26 Å². The average Bonchev–Trinajstić information content (AvgIpc) is 2.25. The van der Waals surface area contributed by atoms with Gasteiger partial charge in [0.2, 0.25) is 5.82 Å². The van der Waals surface area contributed by atoms with Crippen LogP contribution in [-0.2, 0) is 0 Å². The lowest BCUT2D eigenvalue weighted by Gasteiger charge is -2.35. The van der Waals surface area contributed by atoms with E-state index in [0.717, 1.165) is 13.1 Å². The minimum absolute atomic E-state index is 0.126. The molecule has 1 aromatic heterocycles. The van der Waals surface area contributed by atoms with Crippen molar-refractivity contribution >= 4 is 11.5 Å². The van der Waals surface area contributed by atoms with Crippen LogP contribution in [0.3, 0.4) is 0 Å². The van der Waals surface area contributed by atoms with Crippen molar-refractivity contribution in [3.8, 4) is 6.07 Å². The van der Waals surface area contributed by atoms with Crippen LogP contribution < -0.4 is 10.2 Å². The first-order chi connectivity index (χ1) is 8.13. The Morgan fingerprint density at radius 2 is 2.41 bits per heavy atom. The molecule has 7 heteroatoms. The number of hydrogen-bond acceptors (Lipinski definition) is 6. The first-order valence-electron chi connectivity index (χ1n) is 5.11. The molecule has 17 heavy (non-hydrogen) atoms. The molecule has 1 fully saturated rings.